The molecule has 1 saturated heterocycles. The van der Waals surface area contributed by atoms with Gasteiger partial charge in [-0.3, -0.25) is 4.90 Å². The maximum atomic E-state index is 5.67. The van der Waals surface area contributed by atoms with Crippen molar-refractivity contribution in [3.63, 3.8) is 0 Å². The van der Waals surface area contributed by atoms with Gasteiger partial charge in [0.25, 0.3) is 0 Å². The molecule has 2 N–H and O–H groups in total. The van der Waals surface area contributed by atoms with Crippen molar-refractivity contribution in [2.24, 2.45) is 0 Å². The molecule has 3 nitrogen and oxygen atoms in total. The van der Waals surface area contributed by atoms with E-state index in [1.54, 1.807) is 6.20 Å². The molecule has 0 amide bonds. The van der Waals surface area contributed by atoms with Crippen LogP contribution >= 0.6 is 0 Å². The summed E-state index contributed by atoms with van der Waals surface area (Å²) in [5, 5.41) is 0. The van der Waals surface area contributed by atoms with Gasteiger partial charge in [0.15, 0.2) is 0 Å². The van der Waals surface area contributed by atoms with Crippen LogP contribution in [0.3, 0.4) is 0 Å². The van der Waals surface area contributed by atoms with Gasteiger partial charge in [-0.2, -0.15) is 0 Å². The minimum absolute atomic E-state index is 0.625. The number of hydrogen-bond donors (Lipinski definition) is 1. The minimum Gasteiger partial charge on any atom is -0.384 e. The van der Waals surface area contributed by atoms with E-state index < -0.39 is 0 Å². The van der Waals surface area contributed by atoms with Crippen LogP contribution in [-0.4, -0.2) is 22.5 Å². The SMILES string of the molecule is CCC1CCCN1Cc1ccnc(N)c1. The number of nitrogen functional groups attached to an aromatic ring is 1. The Balaban J connectivity index is 2.02. The van der Waals surface area contributed by atoms with Crippen LogP contribution in [0.15, 0.2) is 18.3 Å². The van der Waals surface area contributed by atoms with Crippen molar-refractivity contribution in [3.05, 3.63) is 23.9 Å². The number of likely N-dealkylation sites (tertiary alicyclic amines) is 1. The number of anilines is 1. The lowest BCUT2D eigenvalue weighted by Crippen LogP contribution is -2.28. The summed E-state index contributed by atoms with van der Waals surface area (Å²) in [5.74, 6) is 0.625. The van der Waals surface area contributed by atoms with E-state index in [9.17, 15) is 0 Å². The zero-order chi connectivity index (χ0) is 10.7. The Morgan fingerprint density at radius 1 is 1.60 bits per heavy atom. The fourth-order valence-electron chi connectivity index (χ4n) is 2.39. The molecule has 0 saturated carbocycles. The van der Waals surface area contributed by atoms with E-state index in [-0.39, 0.29) is 0 Å². The van der Waals surface area contributed by atoms with E-state index in [0.29, 0.717) is 5.82 Å². The van der Waals surface area contributed by atoms with Crippen LogP contribution < -0.4 is 5.73 Å². The largest absolute Gasteiger partial charge is 0.384 e. The van der Waals surface area contributed by atoms with Crippen LogP contribution in [-0.2, 0) is 6.54 Å². The van der Waals surface area contributed by atoms with Crippen molar-refractivity contribution in [1.82, 2.24) is 9.88 Å². The Kier molecular flexibility index (Phi) is 3.21. The van der Waals surface area contributed by atoms with Gasteiger partial charge >= 0.3 is 0 Å². The van der Waals surface area contributed by atoms with E-state index in [4.69, 9.17) is 5.73 Å². The molecule has 0 bridgehead atoms. The predicted octanol–water partition coefficient (Wildman–Crippen LogP) is 2.04. The average molecular weight is 205 g/mol. The lowest BCUT2D eigenvalue weighted by molar-refractivity contribution is 0.240. The predicted molar refractivity (Wildman–Crippen MR) is 62.4 cm³/mol. The lowest BCUT2D eigenvalue weighted by atomic mass is 10.1. The molecule has 0 aliphatic carbocycles. The van der Waals surface area contributed by atoms with Crippen molar-refractivity contribution < 1.29 is 0 Å². The topological polar surface area (TPSA) is 42.2 Å². The average Bonchev–Trinajstić information content (AvgIpc) is 2.65. The van der Waals surface area contributed by atoms with E-state index in [2.05, 4.69) is 22.9 Å². The molecule has 2 heterocycles. The lowest BCUT2D eigenvalue weighted by Gasteiger charge is -2.23. The second-order valence-corrected chi connectivity index (χ2v) is 4.26. The zero-order valence-corrected chi connectivity index (χ0v) is 9.32. The highest BCUT2D eigenvalue weighted by molar-refractivity contribution is 5.31. The maximum Gasteiger partial charge on any atom is 0.123 e. The van der Waals surface area contributed by atoms with Gasteiger partial charge in [0.1, 0.15) is 5.82 Å². The molecule has 1 fully saturated rings. The van der Waals surface area contributed by atoms with Gasteiger partial charge in [-0.1, -0.05) is 6.92 Å². The molecule has 1 aromatic heterocycles. The van der Waals surface area contributed by atoms with Crippen molar-refractivity contribution in [2.75, 3.05) is 12.3 Å². The van der Waals surface area contributed by atoms with Crippen LogP contribution in [0, 0.1) is 0 Å². The molecule has 1 unspecified atom stereocenters. The van der Waals surface area contributed by atoms with E-state index in [0.717, 1.165) is 12.6 Å². The van der Waals surface area contributed by atoms with Gasteiger partial charge in [0.05, 0.1) is 0 Å². The van der Waals surface area contributed by atoms with Crippen LogP contribution in [0.1, 0.15) is 31.7 Å². The van der Waals surface area contributed by atoms with Crippen molar-refractivity contribution in [1.29, 1.82) is 0 Å². The van der Waals surface area contributed by atoms with Crippen LogP contribution in [0.5, 0.6) is 0 Å². The minimum atomic E-state index is 0.625. The number of nitrogens with two attached hydrogens (primary N) is 1. The van der Waals surface area contributed by atoms with Crippen molar-refractivity contribution in [3.8, 4) is 0 Å². The van der Waals surface area contributed by atoms with Crippen LogP contribution in [0.2, 0.25) is 0 Å². The van der Waals surface area contributed by atoms with Gasteiger partial charge in [-0.25, -0.2) is 4.98 Å². The van der Waals surface area contributed by atoms with Gasteiger partial charge in [0, 0.05) is 18.8 Å². The summed E-state index contributed by atoms with van der Waals surface area (Å²) >= 11 is 0. The molecule has 15 heavy (non-hydrogen) atoms. The highest BCUT2D eigenvalue weighted by atomic mass is 15.2. The fourth-order valence-corrected chi connectivity index (χ4v) is 2.39. The third-order valence-electron chi connectivity index (χ3n) is 3.20. The first-order valence-corrected chi connectivity index (χ1v) is 5.74. The first-order chi connectivity index (χ1) is 7.29. The molecule has 1 aliphatic rings. The van der Waals surface area contributed by atoms with E-state index in [1.807, 2.05) is 6.07 Å². The third kappa shape index (κ3) is 2.48. The molecule has 2 rings (SSSR count). The first-order valence-electron chi connectivity index (χ1n) is 5.74. The molecular formula is C12H19N3. The van der Waals surface area contributed by atoms with E-state index >= 15 is 0 Å². The number of rotatable bonds is 3. The molecule has 1 aliphatic heterocycles. The van der Waals surface area contributed by atoms with Gasteiger partial charge in [-0.05, 0) is 43.5 Å². The van der Waals surface area contributed by atoms with Crippen LogP contribution in [0.25, 0.3) is 0 Å². The Bertz CT molecular complexity index is 324. The monoisotopic (exact) mass is 205 g/mol. The summed E-state index contributed by atoms with van der Waals surface area (Å²) in [4.78, 5) is 6.56. The highest BCUT2D eigenvalue weighted by Crippen LogP contribution is 2.22. The van der Waals surface area contributed by atoms with Gasteiger partial charge in [0.2, 0.25) is 0 Å². The molecule has 82 valence electrons. The summed E-state index contributed by atoms with van der Waals surface area (Å²) < 4.78 is 0. The number of hydrogen-bond acceptors (Lipinski definition) is 3. The Labute approximate surface area is 91.3 Å². The molecular weight excluding hydrogens is 186 g/mol. The molecule has 0 aromatic carbocycles. The standard InChI is InChI=1S/C12H19N3/c1-2-11-4-3-7-15(11)9-10-5-6-14-12(13)8-10/h5-6,8,11H,2-4,7,9H2,1H3,(H2,13,14). The Morgan fingerprint density at radius 3 is 3.20 bits per heavy atom. The summed E-state index contributed by atoms with van der Waals surface area (Å²) in [6.07, 6.45) is 5.72. The summed E-state index contributed by atoms with van der Waals surface area (Å²) in [6, 6.07) is 4.80. The molecule has 0 spiro atoms. The van der Waals surface area contributed by atoms with Crippen molar-refractivity contribution >= 4 is 5.82 Å². The fraction of sp³-hybridized carbons (Fsp3) is 0.583. The second kappa shape index (κ2) is 4.62. The number of aromatic nitrogens is 1. The maximum absolute atomic E-state index is 5.67. The molecule has 0 radical (unpaired) electrons. The number of pyridine rings is 1. The Hall–Kier alpha value is -1.09. The Morgan fingerprint density at radius 2 is 2.47 bits per heavy atom. The van der Waals surface area contributed by atoms with Gasteiger partial charge < -0.3 is 5.73 Å². The molecule has 3 heteroatoms. The third-order valence-corrected chi connectivity index (χ3v) is 3.20. The summed E-state index contributed by atoms with van der Waals surface area (Å²) in [6.45, 7) is 4.51. The molecule has 1 aromatic rings. The first kappa shape index (κ1) is 10.4. The van der Waals surface area contributed by atoms with Crippen molar-refractivity contribution in [2.45, 2.75) is 38.8 Å². The quantitative estimate of drug-likeness (QED) is 0.821. The second-order valence-electron chi connectivity index (χ2n) is 4.26. The van der Waals surface area contributed by atoms with Crippen LogP contribution in [0.4, 0.5) is 5.82 Å². The zero-order valence-electron chi connectivity index (χ0n) is 9.32. The highest BCUT2D eigenvalue weighted by Gasteiger charge is 2.22. The van der Waals surface area contributed by atoms with E-state index in [1.165, 1.54) is 31.4 Å². The number of nitrogens with zero attached hydrogens (tertiary/aromatic N) is 2. The molecule has 1 atom stereocenters. The summed E-state index contributed by atoms with van der Waals surface area (Å²) in [5.41, 5.74) is 6.95. The van der Waals surface area contributed by atoms with Gasteiger partial charge in [-0.15, -0.1) is 0 Å². The normalized spacial score (nSPS) is 22.1. The smallest absolute Gasteiger partial charge is 0.123 e. The summed E-state index contributed by atoms with van der Waals surface area (Å²) in [7, 11) is 0.